The molecule has 0 aliphatic carbocycles. The monoisotopic (exact) mass is 231 g/mol. The average molecular weight is 231 g/mol. The van der Waals surface area contributed by atoms with E-state index in [1.54, 1.807) is 0 Å². The van der Waals surface area contributed by atoms with Gasteiger partial charge in [-0.15, -0.1) is 0 Å². The van der Waals surface area contributed by atoms with Gasteiger partial charge in [-0.3, -0.25) is 4.79 Å². The van der Waals surface area contributed by atoms with Gasteiger partial charge in [-0.2, -0.15) is 0 Å². The van der Waals surface area contributed by atoms with Crippen LogP contribution in [0.2, 0.25) is 0 Å². The number of carbonyl (C=O) groups excluding carboxylic acids is 1. The molecule has 2 nitrogen and oxygen atoms in total. The minimum absolute atomic E-state index is 0.136. The van der Waals surface area contributed by atoms with Gasteiger partial charge in [0.1, 0.15) is 0 Å². The molecule has 92 valence electrons. The number of carbonyl (C=O) groups is 1. The first kappa shape index (κ1) is 13.5. The lowest BCUT2D eigenvalue weighted by Crippen LogP contribution is -2.31. The third-order valence-corrected chi connectivity index (χ3v) is 3.14. The van der Waals surface area contributed by atoms with Gasteiger partial charge in [0.05, 0.1) is 0 Å². The van der Waals surface area contributed by atoms with Crippen molar-refractivity contribution in [3.05, 3.63) is 41.5 Å². The Hall–Kier alpha value is -1.57. The fraction of sp³-hybridized carbons (Fsp3) is 0.400. The van der Waals surface area contributed by atoms with Gasteiger partial charge in [0, 0.05) is 18.7 Å². The Kier molecular flexibility index (Phi) is 4.95. The van der Waals surface area contributed by atoms with E-state index in [4.69, 9.17) is 0 Å². The van der Waals surface area contributed by atoms with Crippen molar-refractivity contribution >= 4 is 11.5 Å². The molecule has 1 aromatic rings. The standard InChI is InChI=1S/C15H21NO/c1-5-16(6-2)15(17)13(4)12(3)14-10-8-7-9-11-14/h7-11H,5-6H2,1-4H3. The van der Waals surface area contributed by atoms with Crippen molar-refractivity contribution in [1.29, 1.82) is 0 Å². The fourth-order valence-corrected chi connectivity index (χ4v) is 1.81. The van der Waals surface area contributed by atoms with E-state index in [1.165, 1.54) is 0 Å². The van der Waals surface area contributed by atoms with Crippen molar-refractivity contribution in [2.75, 3.05) is 13.1 Å². The zero-order chi connectivity index (χ0) is 12.8. The summed E-state index contributed by atoms with van der Waals surface area (Å²) < 4.78 is 0. The van der Waals surface area contributed by atoms with Crippen molar-refractivity contribution in [1.82, 2.24) is 4.90 Å². The Bertz CT molecular complexity index is 402. The van der Waals surface area contributed by atoms with Gasteiger partial charge in [0.25, 0.3) is 0 Å². The molecule has 0 saturated carbocycles. The van der Waals surface area contributed by atoms with E-state index in [-0.39, 0.29) is 5.91 Å². The molecule has 0 unspecified atom stereocenters. The van der Waals surface area contributed by atoms with Gasteiger partial charge in [-0.05, 0) is 38.8 Å². The number of benzene rings is 1. The van der Waals surface area contributed by atoms with Gasteiger partial charge in [0.15, 0.2) is 0 Å². The Morgan fingerprint density at radius 2 is 1.59 bits per heavy atom. The largest absolute Gasteiger partial charge is 0.339 e. The molecule has 1 amide bonds. The van der Waals surface area contributed by atoms with E-state index >= 15 is 0 Å². The molecule has 0 spiro atoms. The summed E-state index contributed by atoms with van der Waals surface area (Å²) in [6, 6.07) is 10.0. The second-order valence-electron chi connectivity index (χ2n) is 4.09. The highest BCUT2D eigenvalue weighted by atomic mass is 16.2. The molecule has 0 heterocycles. The summed E-state index contributed by atoms with van der Waals surface area (Å²) in [5.41, 5.74) is 3.01. The van der Waals surface area contributed by atoms with E-state index in [2.05, 4.69) is 0 Å². The Labute approximate surface area is 104 Å². The predicted molar refractivity (Wildman–Crippen MR) is 72.6 cm³/mol. The number of allylic oxidation sites excluding steroid dienone is 1. The van der Waals surface area contributed by atoms with E-state index in [9.17, 15) is 4.79 Å². The summed E-state index contributed by atoms with van der Waals surface area (Å²) in [6.45, 7) is 9.44. The Morgan fingerprint density at radius 1 is 1.06 bits per heavy atom. The van der Waals surface area contributed by atoms with Gasteiger partial charge < -0.3 is 4.90 Å². The van der Waals surface area contributed by atoms with Crippen LogP contribution in [0.5, 0.6) is 0 Å². The zero-order valence-corrected chi connectivity index (χ0v) is 11.2. The van der Waals surface area contributed by atoms with E-state index < -0.39 is 0 Å². The molecule has 0 fully saturated rings. The molecule has 0 radical (unpaired) electrons. The van der Waals surface area contributed by atoms with Crippen LogP contribution in [-0.2, 0) is 4.79 Å². The molecular formula is C15H21NO. The zero-order valence-electron chi connectivity index (χ0n) is 11.2. The van der Waals surface area contributed by atoms with Crippen LogP contribution in [0.3, 0.4) is 0 Å². The number of hydrogen-bond donors (Lipinski definition) is 0. The highest BCUT2D eigenvalue weighted by molar-refractivity contribution is 6.00. The van der Waals surface area contributed by atoms with Crippen LogP contribution in [-0.4, -0.2) is 23.9 Å². The van der Waals surface area contributed by atoms with Gasteiger partial charge >= 0.3 is 0 Å². The Morgan fingerprint density at radius 3 is 2.06 bits per heavy atom. The number of amides is 1. The molecule has 0 atom stereocenters. The summed E-state index contributed by atoms with van der Waals surface area (Å²) in [5.74, 6) is 0.136. The van der Waals surface area contributed by atoms with Crippen LogP contribution in [0.25, 0.3) is 5.57 Å². The van der Waals surface area contributed by atoms with Crippen molar-refractivity contribution in [2.45, 2.75) is 27.7 Å². The van der Waals surface area contributed by atoms with E-state index in [0.29, 0.717) is 0 Å². The summed E-state index contributed by atoms with van der Waals surface area (Å²) >= 11 is 0. The van der Waals surface area contributed by atoms with Gasteiger partial charge in [-0.25, -0.2) is 0 Å². The second kappa shape index (κ2) is 6.24. The predicted octanol–water partition coefficient (Wildman–Crippen LogP) is 3.35. The number of rotatable bonds is 4. The normalized spacial score (nSPS) is 12.0. The summed E-state index contributed by atoms with van der Waals surface area (Å²) in [7, 11) is 0. The molecule has 2 heteroatoms. The van der Waals surface area contributed by atoms with Crippen LogP contribution < -0.4 is 0 Å². The second-order valence-corrected chi connectivity index (χ2v) is 4.09. The van der Waals surface area contributed by atoms with Crippen LogP contribution in [0.4, 0.5) is 0 Å². The third-order valence-electron chi connectivity index (χ3n) is 3.14. The molecule has 1 rings (SSSR count). The lowest BCUT2D eigenvalue weighted by molar-refractivity contribution is -0.126. The maximum Gasteiger partial charge on any atom is 0.249 e. The first-order chi connectivity index (χ1) is 8.11. The van der Waals surface area contributed by atoms with Gasteiger partial charge in [-0.1, -0.05) is 30.3 Å². The maximum atomic E-state index is 12.2. The summed E-state index contributed by atoms with van der Waals surface area (Å²) in [4.78, 5) is 14.0. The minimum Gasteiger partial charge on any atom is -0.339 e. The van der Waals surface area contributed by atoms with Crippen molar-refractivity contribution in [2.24, 2.45) is 0 Å². The highest BCUT2D eigenvalue weighted by Crippen LogP contribution is 2.19. The maximum absolute atomic E-state index is 12.2. The summed E-state index contributed by atoms with van der Waals surface area (Å²) in [6.07, 6.45) is 0. The lowest BCUT2D eigenvalue weighted by atomic mass is 10.0. The molecule has 0 bridgehead atoms. The number of likely N-dealkylation sites (N-methyl/N-ethyl adjacent to an activating group) is 1. The van der Waals surface area contributed by atoms with Crippen LogP contribution >= 0.6 is 0 Å². The first-order valence-corrected chi connectivity index (χ1v) is 6.14. The lowest BCUT2D eigenvalue weighted by Gasteiger charge is -2.20. The molecular weight excluding hydrogens is 210 g/mol. The van der Waals surface area contributed by atoms with Crippen LogP contribution in [0.1, 0.15) is 33.3 Å². The molecule has 0 aromatic heterocycles. The van der Waals surface area contributed by atoms with Crippen LogP contribution in [0.15, 0.2) is 35.9 Å². The summed E-state index contributed by atoms with van der Waals surface area (Å²) in [5, 5.41) is 0. The van der Waals surface area contributed by atoms with Gasteiger partial charge in [0.2, 0.25) is 5.91 Å². The Balaban J connectivity index is 3.01. The number of hydrogen-bond acceptors (Lipinski definition) is 1. The SMILES string of the molecule is CCN(CC)C(=O)C(C)=C(C)c1ccccc1. The topological polar surface area (TPSA) is 20.3 Å². The molecule has 0 aliphatic heterocycles. The first-order valence-electron chi connectivity index (χ1n) is 6.14. The third kappa shape index (κ3) is 3.19. The van der Waals surface area contributed by atoms with Crippen LogP contribution in [0, 0.1) is 0 Å². The highest BCUT2D eigenvalue weighted by Gasteiger charge is 2.14. The smallest absolute Gasteiger partial charge is 0.249 e. The molecule has 0 N–H and O–H groups in total. The van der Waals surface area contributed by atoms with Crippen molar-refractivity contribution in [3.63, 3.8) is 0 Å². The molecule has 0 aliphatic rings. The number of nitrogens with zero attached hydrogens (tertiary/aromatic N) is 1. The van der Waals surface area contributed by atoms with E-state index in [0.717, 1.165) is 29.8 Å². The molecule has 1 aromatic carbocycles. The minimum atomic E-state index is 0.136. The molecule has 17 heavy (non-hydrogen) atoms. The van der Waals surface area contributed by atoms with E-state index in [1.807, 2.05) is 62.9 Å². The van der Waals surface area contributed by atoms with Crippen molar-refractivity contribution in [3.8, 4) is 0 Å². The fourth-order valence-electron chi connectivity index (χ4n) is 1.81. The average Bonchev–Trinajstić information content (AvgIpc) is 2.39. The van der Waals surface area contributed by atoms with Crippen molar-refractivity contribution < 1.29 is 4.79 Å². The quantitative estimate of drug-likeness (QED) is 0.728. The molecule has 0 saturated heterocycles.